The van der Waals surface area contributed by atoms with Gasteiger partial charge in [-0.1, -0.05) is 23.7 Å². The number of nitrogens with zero attached hydrogens (tertiary/aromatic N) is 1. The second kappa shape index (κ2) is 8.50. The number of aromatic nitrogens is 1. The van der Waals surface area contributed by atoms with E-state index in [1.165, 1.54) is 16.7 Å². The highest BCUT2D eigenvalue weighted by Crippen LogP contribution is 2.23. The van der Waals surface area contributed by atoms with Crippen LogP contribution in [-0.4, -0.2) is 28.6 Å². The quantitative estimate of drug-likeness (QED) is 0.711. The van der Waals surface area contributed by atoms with Gasteiger partial charge >= 0.3 is 5.97 Å². The smallest absolute Gasteiger partial charge is 0.355 e. The largest absolute Gasteiger partial charge is 0.492 e. The summed E-state index contributed by atoms with van der Waals surface area (Å²) in [6.07, 6.45) is 0.858. The highest BCUT2D eigenvalue weighted by Gasteiger charge is 2.09. The monoisotopic (exact) mass is 354 g/mol. The molecule has 0 radical (unpaired) electrons. The molecule has 0 aliphatic heterocycles. The SMILES string of the molecule is O=C(CCCOc1ccccc1Cl)NCc1nc(C(=O)O)cs1. The summed E-state index contributed by atoms with van der Waals surface area (Å²) in [5.74, 6) is -0.617. The van der Waals surface area contributed by atoms with Crippen molar-refractivity contribution in [3.8, 4) is 5.75 Å². The molecule has 1 aromatic heterocycles. The van der Waals surface area contributed by atoms with Crippen molar-refractivity contribution in [2.75, 3.05) is 6.61 Å². The number of ether oxygens (including phenoxy) is 1. The first-order valence-corrected chi connectivity index (χ1v) is 8.13. The van der Waals surface area contributed by atoms with Gasteiger partial charge in [0.15, 0.2) is 5.69 Å². The van der Waals surface area contributed by atoms with E-state index in [0.29, 0.717) is 35.2 Å². The van der Waals surface area contributed by atoms with E-state index >= 15 is 0 Å². The number of hydrogen-bond donors (Lipinski definition) is 2. The van der Waals surface area contributed by atoms with Crippen LogP contribution in [0.5, 0.6) is 5.75 Å². The van der Waals surface area contributed by atoms with Crippen molar-refractivity contribution in [1.29, 1.82) is 0 Å². The molecule has 0 fully saturated rings. The van der Waals surface area contributed by atoms with Crippen LogP contribution in [0.25, 0.3) is 0 Å². The Labute approximate surface area is 142 Å². The molecule has 0 atom stereocenters. The summed E-state index contributed by atoms with van der Waals surface area (Å²) in [5.41, 5.74) is -0.00705. The summed E-state index contributed by atoms with van der Waals surface area (Å²) in [6, 6.07) is 7.15. The molecule has 0 saturated heterocycles. The average Bonchev–Trinajstić information content (AvgIpc) is 3.00. The van der Waals surface area contributed by atoms with Gasteiger partial charge in [-0.2, -0.15) is 0 Å². The van der Waals surface area contributed by atoms with E-state index in [9.17, 15) is 9.59 Å². The van der Waals surface area contributed by atoms with Gasteiger partial charge in [0.05, 0.1) is 18.2 Å². The molecule has 8 heteroatoms. The molecule has 0 unspecified atom stereocenters. The number of nitrogens with one attached hydrogen (secondary N) is 1. The van der Waals surface area contributed by atoms with E-state index in [0.717, 1.165) is 0 Å². The molecule has 0 aliphatic rings. The Morgan fingerprint density at radius 1 is 1.35 bits per heavy atom. The minimum atomic E-state index is -1.07. The molecule has 6 nitrogen and oxygen atoms in total. The van der Waals surface area contributed by atoms with Gasteiger partial charge in [-0.05, 0) is 18.6 Å². The number of carbonyl (C=O) groups excluding carboxylic acids is 1. The van der Waals surface area contributed by atoms with Crippen LogP contribution in [0.3, 0.4) is 0 Å². The molecule has 1 aromatic carbocycles. The highest BCUT2D eigenvalue weighted by atomic mass is 35.5. The van der Waals surface area contributed by atoms with Crippen molar-refractivity contribution in [2.45, 2.75) is 19.4 Å². The number of hydrogen-bond acceptors (Lipinski definition) is 5. The second-order valence-corrected chi connectivity index (χ2v) is 5.94. The molecule has 1 heterocycles. The number of carbonyl (C=O) groups is 2. The Morgan fingerprint density at radius 2 is 2.13 bits per heavy atom. The van der Waals surface area contributed by atoms with Gasteiger partial charge in [0.25, 0.3) is 0 Å². The lowest BCUT2D eigenvalue weighted by Gasteiger charge is -2.07. The van der Waals surface area contributed by atoms with E-state index in [2.05, 4.69) is 10.3 Å². The minimum Gasteiger partial charge on any atom is -0.492 e. The normalized spacial score (nSPS) is 10.3. The maximum Gasteiger partial charge on any atom is 0.355 e. The lowest BCUT2D eigenvalue weighted by atomic mass is 10.3. The number of benzene rings is 1. The van der Waals surface area contributed by atoms with Gasteiger partial charge in [0.1, 0.15) is 10.8 Å². The van der Waals surface area contributed by atoms with Crippen LogP contribution >= 0.6 is 22.9 Å². The Bertz CT molecular complexity index is 690. The number of carboxylic acid groups (broad SMARTS) is 1. The Balaban J connectivity index is 1.65. The molecule has 23 heavy (non-hydrogen) atoms. The first kappa shape index (κ1) is 17.2. The van der Waals surface area contributed by atoms with Crippen LogP contribution < -0.4 is 10.1 Å². The molecule has 2 N–H and O–H groups in total. The van der Waals surface area contributed by atoms with E-state index in [4.69, 9.17) is 21.4 Å². The Morgan fingerprint density at radius 3 is 2.83 bits per heavy atom. The zero-order valence-electron chi connectivity index (χ0n) is 12.1. The number of aromatic carboxylic acids is 1. The van der Waals surface area contributed by atoms with Crippen LogP contribution in [0, 0.1) is 0 Å². The molecule has 0 aliphatic carbocycles. The second-order valence-electron chi connectivity index (χ2n) is 4.59. The van der Waals surface area contributed by atoms with E-state index in [1.807, 2.05) is 12.1 Å². The van der Waals surface area contributed by atoms with Gasteiger partial charge in [0.2, 0.25) is 5.91 Å². The van der Waals surface area contributed by atoms with Crippen LogP contribution in [0.1, 0.15) is 28.3 Å². The Hall–Kier alpha value is -2.12. The third-order valence-corrected chi connectivity index (χ3v) is 4.01. The predicted molar refractivity (Wildman–Crippen MR) is 87.1 cm³/mol. The Kier molecular flexibility index (Phi) is 6.37. The summed E-state index contributed by atoms with van der Waals surface area (Å²) < 4.78 is 5.49. The summed E-state index contributed by atoms with van der Waals surface area (Å²) in [6.45, 7) is 0.611. The average molecular weight is 355 g/mol. The van der Waals surface area contributed by atoms with Gasteiger partial charge in [0, 0.05) is 11.8 Å². The van der Waals surface area contributed by atoms with Crippen molar-refractivity contribution in [3.05, 3.63) is 45.4 Å². The molecule has 0 saturated carbocycles. The van der Waals surface area contributed by atoms with Crippen LogP contribution in [0.2, 0.25) is 5.02 Å². The lowest BCUT2D eigenvalue weighted by molar-refractivity contribution is -0.121. The predicted octanol–water partition coefficient (Wildman–Crippen LogP) is 2.97. The van der Waals surface area contributed by atoms with Gasteiger partial charge in [-0.25, -0.2) is 9.78 Å². The van der Waals surface area contributed by atoms with Crippen LogP contribution in [-0.2, 0) is 11.3 Å². The molecule has 2 rings (SSSR count). The van der Waals surface area contributed by atoms with E-state index in [-0.39, 0.29) is 18.1 Å². The van der Waals surface area contributed by atoms with Crippen molar-refractivity contribution < 1.29 is 19.4 Å². The maximum absolute atomic E-state index is 11.7. The zero-order valence-corrected chi connectivity index (χ0v) is 13.7. The third-order valence-electron chi connectivity index (χ3n) is 2.85. The standard InChI is InChI=1S/C15H15ClN2O4S/c16-10-4-1-2-5-12(10)22-7-3-6-13(19)17-8-14-18-11(9-23-14)15(20)21/h1-2,4-5,9H,3,6-8H2,(H,17,19)(H,20,21). The molecule has 122 valence electrons. The number of rotatable bonds is 8. The minimum absolute atomic E-state index is 0.00705. The molecule has 2 aromatic rings. The van der Waals surface area contributed by atoms with Gasteiger partial charge in [-0.3, -0.25) is 4.79 Å². The summed E-state index contributed by atoms with van der Waals surface area (Å²) >= 11 is 7.16. The fourth-order valence-corrected chi connectivity index (χ4v) is 2.63. The topological polar surface area (TPSA) is 88.5 Å². The zero-order chi connectivity index (χ0) is 16.7. The lowest BCUT2D eigenvalue weighted by Crippen LogP contribution is -2.23. The molecular formula is C15H15ClN2O4S. The van der Waals surface area contributed by atoms with Crippen LogP contribution in [0.15, 0.2) is 29.6 Å². The fraction of sp³-hybridized carbons (Fsp3) is 0.267. The summed E-state index contributed by atoms with van der Waals surface area (Å²) in [5, 5.41) is 14.0. The van der Waals surface area contributed by atoms with E-state index in [1.54, 1.807) is 12.1 Å². The van der Waals surface area contributed by atoms with Gasteiger partial charge in [-0.15, -0.1) is 11.3 Å². The van der Waals surface area contributed by atoms with E-state index < -0.39 is 5.97 Å². The number of para-hydroxylation sites is 1. The number of amides is 1. The van der Waals surface area contributed by atoms with Gasteiger partial charge < -0.3 is 15.2 Å². The molecule has 0 spiro atoms. The van der Waals surface area contributed by atoms with Crippen molar-refractivity contribution in [1.82, 2.24) is 10.3 Å². The summed E-state index contributed by atoms with van der Waals surface area (Å²) in [4.78, 5) is 26.3. The molecule has 0 bridgehead atoms. The first-order chi connectivity index (χ1) is 11.1. The summed E-state index contributed by atoms with van der Waals surface area (Å²) in [7, 11) is 0. The molecule has 1 amide bonds. The highest BCUT2D eigenvalue weighted by molar-refractivity contribution is 7.09. The molecular weight excluding hydrogens is 340 g/mol. The van der Waals surface area contributed by atoms with Crippen molar-refractivity contribution in [2.24, 2.45) is 0 Å². The maximum atomic E-state index is 11.7. The number of carboxylic acids is 1. The van der Waals surface area contributed by atoms with Crippen molar-refractivity contribution in [3.63, 3.8) is 0 Å². The first-order valence-electron chi connectivity index (χ1n) is 6.88. The van der Waals surface area contributed by atoms with Crippen LogP contribution in [0.4, 0.5) is 0 Å². The van der Waals surface area contributed by atoms with Crippen molar-refractivity contribution >= 4 is 34.8 Å². The third kappa shape index (κ3) is 5.54. The fourth-order valence-electron chi connectivity index (χ4n) is 1.73. The number of thiazole rings is 1. The number of halogens is 1.